The zero-order chi connectivity index (χ0) is 18.9. The number of amides is 1. The zero-order valence-electron chi connectivity index (χ0n) is 14.4. The third-order valence-corrected chi connectivity index (χ3v) is 5.49. The van der Waals surface area contributed by atoms with Gasteiger partial charge in [0.25, 0.3) is 5.91 Å². The smallest absolute Gasteiger partial charge is 0.267 e. The fraction of sp³-hybridized carbons (Fsp3) is 0.278. The zero-order valence-corrected chi connectivity index (χ0v) is 16.0. The minimum absolute atomic E-state index is 0.120. The van der Waals surface area contributed by atoms with Gasteiger partial charge in [0.15, 0.2) is 6.10 Å². The van der Waals surface area contributed by atoms with Crippen LogP contribution in [0.15, 0.2) is 42.5 Å². The number of aryl methyl sites for hydroxylation is 1. The summed E-state index contributed by atoms with van der Waals surface area (Å²) in [6, 6.07) is 12.1. The third kappa shape index (κ3) is 3.94. The molecule has 138 valence electrons. The van der Waals surface area contributed by atoms with Crippen molar-refractivity contribution in [2.75, 3.05) is 22.4 Å². The molecule has 2 aromatic carbocycles. The van der Waals surface area contributed by atoms with Gasteiger partial charge in [-0.2, -0.15) is 0 Å². The number of nitrogens with zero attached hydrogens (tertiary/aromatic N) is 1. The Hall–Kier alpha value is -2.25. The predicted molar refractivity (Wildman–Crippen MR) is 103 cm³/mol. The van der Waals surface area contributed by atoms with Gasteiger partial charge in [0.1, 0.15) is 5.75 Å². The summed E-state index contributed by atoms with van der Waals surface area (Å²) in [5.74, 6) is -0.115. The summed E-state index contributed by atoms with van der Waals surface area (Å²) in [6.45, 7) is 1.93. The molecule has 1 heterocycles. The van der Waals surface area contributed by atoms with Crippen molar-refractivity contribution in [3.05, 3.63) is 53.1 Å². The molecule has 6 nitrogen and oxygen atoms in total. The lowest BCUT2D eigenvalue weighted by molar-refractivity contribution is -0.122. The van der Waals surface area contributed by atoms with Crippen molar-refractivity contribution in [1.29, 1.82) is 0 Å². The van der Waals surface area contributed by atoms with E-state index < -0.39 is 22.0 Å². The summed E-state index contributed by atoms with van der Waals surface area (Å²) < 4.78 is 31.2. The quantitative estimate of drug-likeness (QED) is 0.864. The molecule has 1 N–H and O–H groups in total. The molecular weight excluding hydrogens is 376 g/mol. The van der Waals surface area contributed by atoms with Gasteiger partial charge >= 0.3 is 0 Å². The van der Waals surface area contributed by atoms with Crippen LogP contribution in [0.4, 0.5) is 11.4 Å². The highest BCUT2D eigenvalue weighted by Gasteiger charge is 2.35. The first-order valence-electron chi connectivity index (χ1n) is 8.11. The fourth-order valence-electron chi connectivity index (χ4n) is 2.72. The molecule has 0 saturated carbocycles. The molecular formula is C18H19ClN2O4S. The van der Waals surface area contributed by atoms with Gasteiger partial charge in [-0.1, -0.05) is 30.7 Å². The van der Waals surface area contributed by atoms with Crippen LogP contribution < -0.4 is 14.4 Å². The average molecular weight is 395 g/mol. The Morgan fingerprint density at radius 2 is 1.96 bits per heavy atom. The van der Waals surface area contributed by atoms with Crippen LogP contribution in [-0.2, 0) is 21.2 Å². The van der Waals surface area contributed by atoms with Gasteiger partial charge in [-0.3, -0.25) is 9.10 Å². The van der Waals surface area contributed by atoms with E-state index >= 15 is 0 Å². The Labute approximate surface area is 157 Å². The lowest BCUT2D eigenvalue weighted by atomic mass is 10.1. The van der Waals surface area contributed by atoms with E-state index in [1.165, 1.54) is 6.07 Å². The maximum Gasteiger partial charge on any atom is 0.267 e. The van der Waals surface area contributed by atoms with Crippen molar-refractivity contribution in [1.82, 2.24) is 0 Å². The van der Waals surface area contributed by atoms with Crippen molar-refractivity contribution in [2.24, 2.45) is 0 Å². The topological polar surface area (TPSA) is 75.7 Å². The van der Waals surface area contributed by atoms with Crippen LogP contribution in [-0.4, -0.2) is 33.2 Å². The Kier molecular flexibility index (Phi) is 5.11. The minimum atomic E-state index is -3.59. The molecule has 1 aliphatic rings. The molecule has 26 heavy (non-hydrogen) atoms. The average Bonchev–Trinajstić information content (AvgIpc) is 2.60. The van der Waals surface area contributed by atoms with E-state index in [0.29, 0.717) is 22.1 Å². The molecule has 0 saturated heterocycles. The van der Waals surface area contributed by atoms with Crippen molar-refractivity contribution in [2.45, 2.75) is 19.4 Å². The highest BCUT2D eigenvalue weighted by atomic mass is 35.5. The number of carbonyl (C=O) groups excluding carboxylic acids is 1. The van der Waals surface area contributed by atoms with Crippen LogP contribution in [0.1, 0.15) is 12.5 Å². The van der Waals surface area contributed by atoms with Crippen LogP contribution in [0.3, 0.4) is 0 Å². The van der Waals surface area contributed by atoms with E-state index in [9.17, 15) is 13.2 Å². The van der Waals surface area contributed by atoms with Gasteiger partial charge in [-0.05, 0) is 42.3 Å². The number of anilines is 2. The predicted octanol–water partition coefficient (Wildman–Crippen LogP) is 3.07. The van der Waals surface area contributed by atoms with Gasteiger partial charge in [-0.25, -0.2) is 8.42 Å². The number of ether oxygens (including phenoxy) is 1. The fourth-order valence-corrected chi connectivity index (χ4v) is 3.79. The van der Waals surface area contributed by atoms with Gasteiger partial charge in [0.2, 0.25) is 10.0 Å². The normalized spacial score (nSPS) is 16.6. The van der Waals surface area contributed by atoms with E-state index in [0.717, 1.165) is 22.5 Å². The molecule has 1 aliphatic heterocycles. The molecule has 8 heteroatoms. The second-order valence-corrected chi connectivity index (χ2v) is 8.40. The van der Waals surface area contributed by atoms with E-state index in [1.807, 2.05) is 31.2 Å². The number of nitrogens with one attached hydrogen (secondary N) is 1. The lowest BCUT2D eigenvalue weighted by Crippen LogP contribution is -2.48. The van der Waals surface area contributed by atoms with Crippen LogP contribution in [0, 0.1) is 0 Å². The first kappa shape index (κ1) is 18.5. The molecule has 0 aromatic heterocycles. The summed E-state index contributed by atoms with van der Waals surface area (Å²) >= 11 is 5.97. The van der Waals surface area contributed by atoms with E-state index in [1.54, 1.807) is 12.1 Å². The maximum atomic E-state index is 12.6. The van der Waals surface area contributed by atoms with Crippen LogP contribution in [0.2, 0.25) is 5.02 Å². The van der Waals surface area contributed by atoms with E-state index in [2.05, 4.69) is 5.32 Å². The highest BCUT2D eigenvalue weighted by molar-refractivity contribution is 7.92. The van der Waals surface area contributed by atoms with Crippen LogP contribution in [0.5, 0.6) is 5.75 Å². The first-order chi connectivity index (χ1) is 12.3. The standard InChI is InChI=1S/C18H19ClN2O4S/c1-3-12-4-7-14(8-5-12)20-18(22)17-11-21(26(2,23)24)15-10-13(19)6-9-16(15)25-17/h4-10,17H,3,11H2,1-2H3,(H,20,22)/t17-/m1/s1. The Morgan fingerprint density at radius 3 is 2.58 bits per heavy atom. The second kappa shape index (κ2) is 7.17. The number of halogens is 1. The summed E-state index contributed by atoms with van der Waals surface area (Å²) in [6.07, 6.45) is 1.02. The number of benzene rings is 2. The van der Waals surface area contributed by atoms with Gasteiger partial charge in [0, 0.05) is 10.7 Å². The third-order valence-electron chi connectivity index (χ3n) is 4.11. The molecule has 2 aromatic rings. The summed E-state index contributed by atoms with van der Waals surface area (Å²) in [5, 5.41) is 3.15. The molecule has 0 radical (unpaired) electrons. The summed E-state index contributed by atoms with van der Waals surface area (Å²) in [5.41, 5.74) is 2.12. The van der Waals surface area contributed by atoms with Gasteiger partial charge in [0.05, 0.1) is 18.5 Å². The van der Waals surface area contributed by atoms with Crippen molar-refractivity contribution in [3.63, 3.8) is 0 Å². The molecule has 0 unspecified atom stereocenters. The highest BCUT2D eigenvalue weighted by Crippen LogP contribution is 2.37. The molecule has 0 aliphatic carbocycles. The number of fused-ring (bicyclic) bond motifs is 1. The van der Waals surface area contributed by atoms with Crippen molar-refractivity contribution < 1.29 is 17.9 Å². The largest absolute Gasteiger partial charge is 0.476 e. The minimum Gasteiger partial charge on any atom is -0.476 e. The number of hydrogen-bond acceptors (Lipinski definition) is 4. The molecule has 1 atom stereocenters. The Balaban J connectivity index is 1.84. The SMILES string of the molecule is CCc1ccc(NC(=O)[C@H]2CN(S(C)(=O)=O)c3cc(Cl)ccc3O2)cc1. The Morgan fingerprint density at radius 1 is 1.27 bits per heavy atom. The molecule has 1 amide bonds. The number of sulfonamides is 1. The number of carbonyl (C=O) groups is 1. The monoisotopic (exact) mass is 394 g/mol. The van der Waals surface area contributed by atoms with Crippen LogP contribution in [0.25, 0.3) is 0 Å². The van der Waals surface area contributed by atoms with E-state index in [4.69, 9.17) is 16.3 Å². The first-order valence-corrected chi connectivity index (χ1v) is 10.3. The molecule has 3 rings (SSSR count). The van der Waals surface area contributed by atoms with Crippen molar-refractivity contribution in [3.8, 4) is 5.75 Å². The lowest BCUT2D eigenvalue weighted by Gasteiger charge is -2.34. The number of hydrogen-bond donors (Lipinski definition) is 1. The molecule has 0 fully saturated rings. The van der Waals surface area contributed by atoms with Gasteiger partial charge in [-0.15, -0.1) is 0 Å². The Bertz CT molecular complexity index is 929. The maximum absolute atomic E-state index is 12.6. The summed E-state index contributed by atoms with van der Waals surface area (Å²) in [4.78, 5) is 12.6. The molecule has 0 bridgehead atoms. The molecule has 0 spiro atoms. The van der Waals surface area contributed by atoms with Crippen LogP contribution >= 0.6 is 11.6 Å². The van der Waals surface area contributed by atoms with E-state index in [-0.39, 0.29) is 6.54 Å². The summed E-state index contributed by atoms with van der Waals surface area (Å²) in [7, 11) is -3.59. The number of rotatable bonds is 4. The van der Waals surface area contributed by atoms with Gasteiger partial charge < -0.3 is 10.1 Å². The van der Waals surface area contributed by atoms with Crippen molar-refractivity contribution >= 4 is 38.9 Å². The second-order valence-electron chi connectivity index (χ2n) is 6.05.